The topological polar surface area (TPSA) is 44.1 Å². The molecule has 1 unspecified atom stereocenters. The van der Waals surface area contributed by atoms with Crippen molar-refractivity contribution < 1.29 is 9.53 Å². The Balaban J connectivity index is 1.78. The van der Waals surface area contributed by atoms with Gasteiger partial charge in [0, 0.05) is 36.2 Å². The van der Waals surface area contributed by atoms with Crippen LogP contribution in [-0.4, -0.2) is 22.6 Å². The zero-order valence-corrected chi connectivity index (χ0v) is 11.7. The van der Waals surface area contributed by atoms with E-state index in [0.29, 0.717) is 0 Å². The quantitative estimate of drug-likeness (QED) is 0.808. The number of aromatic nitrogens is 2. The summed E-state index contributed by atoms with van der Waals surface area (Å²) in [6.07, 6.45) is 4.36. The third-order valence-corrected chi connectivity index (χ3v) is 4.50. The van der Waals surface area contributed by atoms with E-state index in [0.717, 1.165) is 37.3 Å². The molecule has 0 bridgehead atoms. The van der Waals surface area contributed by atoms with Crippen molar-refractivity contribution in [3.63, 3.8) is 0 Å². The van der Waals surface area contributed by atoms with Crippen molar-refractivity contribution in [3.8, 4) is 0 Å². The number of hydrogen-bond acceptors (Lipinski definition) is 4. The molecule has 5 heteroatoms. The Bertz CT molecular complexity index is 574. The van der Waals surface area contributed by atoms with Crippen LogP contribution in [0.1, 0.15) is 22.8 Å². The molecule has 1 aliphatic heterocycles. The van der Waals surface area contributed by atoms with Gasteiger partial charge in [-0.3, -0.25) is 4.79 Å². The third-order valence-electron chi connectivity index (χ3n) is 3.62. The van der Waals surface area contributed by atoms with Crippen LogP contribution in [0.4, 0.5) is 0 Å². The van der Waals surface area contributed by atoms with Gasteiger partial charge in [0.15, 0.2) is 0 Å². The summed E-state index contributed by atoms with van der Waals surface area (Å²) in [5.41, 5.74) is 1.15. The van der Waals surface area contributed by atoms with Gasteiger partial charge in [-0.05, 0) is 17.9 Å². The van der Waals surface area contributed by atoms with Gasteiger partial charge in [0.2, 0.25) is 0 Å². The van der Waals surface area contributed by atoms with E-state index in [1.165, 1.54) is 12.0 Å². The lowest BCUT2D eigenvalue weighted by Crippen LogP contribution is -2.27. The van der Waals surface area contributed by atoms with E-state index in [4.69, 9.17) is 4.74 Å². The summed E-state index contributed by atoms with van der Waals surface area (Å²) < 4.78 is 7.08. The van der Waals surface area contributed by atoms with E-state index in [-0.39, 0.29) is 11.9 Å². The average molecular weight is 276 g/mol. The molecule has 3 heterocycles. The summed E-state index contributed by atoms with van der Waals surface area (Å²) >= 11 is 1.75. The molecule has 0 saturated carbocycles. The Labute approximate surface area is 116 Å². The van der Waals surface area contributed by atoms with Crippen molar-refractivity contribution in [2.75, 3.05) is 7.11 Å². The minimum absolute atomic E-state index is 0.0104. The van der Waals surface area contributed by atoms with E-state index >= 15 is 0 Å². The molecule has 0 N–H and O–H groups in total. The van der Waals surface area contributed by atoms with E-state index in [9.17, 15) is 4.79 Å². The highest BCUT2D eigenvalue weighted by Crippen LogP contribution is 2.24. The minimum Gasteiger partial charge on any atom is -0.469 e. The highest BCUT2D eigenvalue weighted by atomic mass is 32.1. The second kappa shape index (κ2) is 5.17. The fraction of sp³-hybridized carbons (Fsp3) is 0.429. The Kier molecular flexibility index (Phi) is 3.38. The predicted molar refractivity (Wildman–Crippen MR) is 73.2 cm³/mol. The van der Waals surface area contributed by atoms with Crippen LogP contribution in [0.15, 0.2) is 23.7 Å². The van der Waals surface area contributed by atoms with Gasteiger partial charge < -0.3 is 9.30 Å². The minimum atomic E-state index is -0.104. The van der Waals surface area contributed by atoms with Gasteiger partial charge in [-0.15, -0.1) is 11.3 Å². The van der Waals surface area contributed by atoms with Crippen molar-refractivity contribution in [1.29, 1.82) is 0 Å². The molecule has 0 amide bonds. The summed E-state index contributed by atoms with van der Waals surface area (Å²) in [7, 11) is 1.45. The summed E-state index contributed by atoms with van der Waals surface area (Å²) in [5, 5.41) is 2.09. The Morgan fingerprint density at radius 1 is 1.63 bits per heavy atom. The van der Waals surface area contributed by atoms with Gasteiger partial charge in [-0.2, -0.15) is 0 Å². The summed E-state index contributed by atoms with van der Waals surface area (Å²) in [4.78, 5) is 17.4. The second-order valence-corrected chi connectivity index (χ2v) is 5.82. The number of esters is 1. The van der Waals surface area contributed by atoms with E-state index < -0.39 is 0 Å². The summed E-state index contributed by atoms with van der Waals surface area (Å²) in [5.74, 6) is 0.983. The maximum Gasteiger partial charge on any atom is 0.309 e. The van der Waals surface area contributed by atoms with Crippen LogP contribution in [0.25, 0.3) is 0 Å². The standard InChI is InChI=1S/C14H16N2O2S/c1-18-14(17)10-4-5-16-11(7-10)9-15-13(16)8-12-3-2-6-19-12/h2-3,6,9-10H,4-5,7-8H2,1H3. The zero-order chi connectivity index (χ0) is 13.2. The Hall–Kier alpha value is -1.62. The maximum atomic E-state index is 11.6. The molecule has 1 aliphatic rings. The molecule has 1 atom stereocenters. The van der Waals surface area contributed by atoms with Gasteiger partial charge in [-0.25, -0.2) is 4.98 Å². The van der Waals surface area contributed by atoms with Crippen LogP contribution >= 0.6 is 11.3 Å². The smallest absolute Gasteiger partial charge is 0.309 e. The van der Waals surface area contributed by atoms with Crippen molar-refractivity contribution in [3.05, 3.63) is 40.1 Å². The maximum absolute atomic E-state index is 11.6. The number of thiophene rings is 1. The summed E-state index contributed by atoms with van der Waals surface area (Å²) in [6, 6.07) is 4.19. The highest BCUT2D eigenvalue weighted by molar-refractivity contribution is 7.09. The number of carbonyl (C=O) groups excluding carboxylic acids is 1. The zero-order valence-electron chi connectivity index (χ0n) is 10.8. The molecule has 0 saturated heterocycles. The molecule has 0 radical (unpaired) electrons. The molecule has 2 aromatic rings. The van der Waals surface area contributed by atoms with Gasteiger partial charge in [-0.1, -0.05) is 6.07 Å². The van der Waals surface area contributed by atoms with Crippen LogP contribution < -0.4 is 0 Å². The lowest BCUT2D eigenvalue weighted by Gasteiger charge is -2.23. The Morgan fingerprint density at radius 2 is 2.53 bits per heavy atom. The first-order chi connectivity index (χ1) is 9.28. The number of carbonyl (C=O) groups is 1. The van der Waals surface area contributed by atoms with Crippen LogP contribution in [0.3, 0.4) is 0 Å². The third kappa shape index (κ3) is 2.42. The number of nitrogens with zero attached hydrogens (tertiary/aromatic N) is 2. The molecule has 19 heavy (non-hydrogen) atoms. The van der Waals surface area contributed by atoms with Gasteiger partial charge >= 0.3 is 5.97 Å². The molecule has 3 rings (SSSR count). The highest BCUT2D eigenvalue weighted by Gasteiger charge is 2.27. The van der Waals surface area contributed by atoms with E-state index in [1.54, 1.807) is 11.3 Å². The first kappa shape index (κ1) is 12.4. The number of ether oxygens (including phenoxy) is 1. The molecule has 100 valence electrons. The van der Waals surface area contributed by atoms with E-state index in [2.05, 4.69) is 27.1 Å². The summed E-state index contributed by atoms with van der Waals surface area (Å²) in [6.45, 7) is 0.857. The molecule has 0 fully saturated rings. The Morgan fingerprint density at radius 3 is 3.26 bits per heavy atom. The number of fused-ring (bicyclic) bond motifs is 1. The van der Waals surface area contributed by atoms with Crippen LogP contribution in [0.5, 0.6) is 0 Å². The van der Waals surface area contributed by atoms with Crippen molar-refractivity contribution in [2.24, 2.45) is 5.92 Å². The van der Waals surface area contributed by atoms with Gasteiger partial charge in [0.25, 0.3) is 0 Å². The van der Waals surface area contributed by atoms with Crippen LogP contribution in [-0.2, 0) is 28.9 Å². The van der Waals surface area contributed by atoms with Crippen molar-refractivity contribution >= 4 is 17.3 Å². The SMILES string of the molecule is COC(=O)C1CCn2c(cnc2Cc2cccs2)C1. The molecule has 0 aliphatic carbocycles. The lowest BCUT2D eigenvalue weighted by molar-refractivity contribution is -0.146. The first-order valence-corrected chi connectivity index (χ1v) is 7.29. The van der Waals surface area contributed by atoms with Gasteiger partial charge in [0.05, 0.1) is 13.0 Å². The first-order valence-electron chi connectivity index (χ1n) is 6.41. The molecule has 0 aromatic carbocycles. The van der Waals surface area contributed by atoms with E-state index in [1.807, 2.05) is 6.20 Å². The van der Waals surface area contributed by atoms with Crippen molar-refractivity contribution in [1.82, 2.24) is 9.55 Å². The number of imidazole rings is 1. The fourth-order valence-electron chi connectivity index (χ4n) is 2.61. The van der Waals surface area contributed by atoms with Crippen LogP contribution in [0.2, 0.25) is 0 Å². The van der Waals surface area contributed by atoms with Crippen molar-refractivity contribution in [2.45, 2.75) is 25.8 Å². The fourth-order valence-corrected chi connectivity index (χ4v) is 3.31. The van der Waals surface area contributed by atoms with Crippen LogP contribution in [0, 0.1) is 5.92 Å². The predicted octanol–water partition coefficient (Wildman–Crippen LogP) is 2.27. The second-order valence-electron chi connectivity index (χ2n) is 4.79. The molecular formula is C14H16N2O2S. The monoisotopic (exact) mass is 276 g/mol. The number of rotatable bonds is 3. The average Bonchev–Trinajstić information content (AvgIpc) is 3.08. The molecular weight excluding hydrogens is 260 g/mol. The molecule has 2 aromatic heterocycles. The lowest BCUT2D eigenvalue weighted by atomic mass is 9.96. The number of methoxy groups -OCH3 is 1. The molecule has 0 spiro atoms. The number of hydrogen-bond donors (Lipinski definition) is 0. The largest absolute Gasteiger partial charge is 0.469 e. The normalized spacial score (nSPS) is 18.1. The molecule has 4 nitrogen and oxygen atoms in total. The van der Waals surface area contributed by atoms with Gasteiger partial charge in [0.1, 0.15) is 5.82 Å².